The molecule has 3 rings (SSSR count). The molecule has 0 amide bonds. The van der Waals surface area contributed by atoms with Gasteiger partial charge in [0.05, 0.1) is 6.20 Å². The second-order valence-corrected chi connectivity index (χ2v) is 7.57. The Morgan fingerprint density at radius 3 is 2.80 bits per heavy atom. The zero-order valence-corrected chi connectivity index (χ0v) is 12.6. The Balaban J connectivity index is 1.88. The number of hydrogen-bond acceptors (Lipinski definition) is 4. The number of nitrogens with zero attached hydrogens (tertiary/aromatic N) is 2. The van der Waals surface area contributed by atoms with Crippen molar-refractivity contribution in [2.75, 3.05) is 13.1 Å². The monoisotopic (exact) mass is 298 g/mol. The van der Waals surface area contributed by atoms with Crippen LogP contribution in [-0.2, 0) is 10.0 Å². The Bertz CT molecular complexity index is 563. The second-order valence-electron chi connectivity index (χ2n) is 5.71. The Kier molecular flexibility index (Phi) is 3.83. The summed E-state index contributed by atoms with van der Waals surface area (Å²) in [6, 6.07) is 0.383. The van der Waals surface area contributed by atoms with Gasteiger partial charge in [-0.1, -0.05) is 6.42 Å². The van der Waals surface area contributed by atoms with Crippen LogP contribution in [0.25, 0.3) is 0 Å². The summed E-state index contributed by atoms with van der Waals surface area (Å²) >= 11 is 0. The summed E-state index contributed by atoms with van der Waals surface area (Å²) in [5.74, 6) is 0.635. The lowest BCUT2D eigenvalue weighted by Gasteiger charge is -2.37. The van der Waals surface area contributed by atoms with Gasteiger partial charge in [-0.15, -0.1) is 0 Å². The lowest BCUT2D eigenvalue weighted by Crippen LogP contribution is -2.52. The van der Waals surface area contributed by atoms with Gasteiger partial charge in [0.1, 0.15) is 5.82 Å². The normalized spacial score (nSPS) is 28.9. The fraction of sp³-hybridized carbons (Fsp3) is 0.769. The smallest absolute Gasteiger partial charge is 0.260 e. The van der Waals surface area contributed by atoms with Crippen molar-refractivity contribution in [2.45, 2.75) is 56.1 Å². The molecule has 2 atom stereocenters. The molecule has 1 aromatic rings. The number of sulfonamides is 1. The minimum Gasteiger partial charge on any atom is -0.332 e. The van der Waals surface area contributed by atoms with Crippen LogP contribution in [0.1, 0.15) is 37.9 Å². The van der Waals surface area contributed by atoms with Crippen molar-refractivity contribution in [1.29, 1.82) is 0 Å². The summed E-state index contributed by atoms with van der Waals surface area (Å²) in [4.78, 5) is 6.89. The van der Waals surface area contributed by atoms with Crippen LogP contribution < -0.4 is 5.32 Å². The Labute approximate surface area is 120 Å². The summed E-state index contributed by atoms with van der Waals surface area (Å²) < 4.78 is 27.3. The fourth-order valence-electron chi connectivity index (χ4n) is 3.33. The highest BCUT2D eigenvalue weighted by molar-refractivity contribution is 7.89. The number of aryl methyl sites for hydroxylation is 1. The van der Waals surface area contributed by atoms with Crippen LogP contribution in [0.5, 0.6) is 0 Å². The summed E-state index contributed by atoms with van der Waals surface area (Å²) in [5, 5.41) is 3.68. The van der Waals surface area contributed by atoms with Crippen molar-refractivity contribution in [2.24, 2.45) is 0 Å². The highest BCUT2D eigenvalue weighted by Gasteiger charge is 2.39. The van der Waals surface area contributed by atoms with E-state index in [2.05, 4.69) is 15.3 Å². The van der Waals surface area contributed by atoms with E-state index in [-0.39, 0.29) is 11.1 Å². The van der Waals surface area contributed by atoms with Gasteiger partial charge in [0.25, 0.3) is 10.0 Å². The van der Waals surface area contributed by atoms with Crippen molar-refractivity contribution in [3.05, 3.63) is 12.0 Å². The molecule has 0 aromatic carbocycles. The van der Waals surface area contributed by atoms with Gasteiger partial charge in [0, 0.05) is 18.6 Å². The van der Waals surface area contributed by atoms with Crippen LogP contribution in [0, 0.1) is 6.92 Å². The first-order valence-corrected chi connectivity index (χ1v) is 8.80. The molecular weight excluding hydrogens is 276 g/mol. The average Bonchev–Trinajstić information content (AvgIpc) is 3.10. The van der Waals surface area contributed by atoms with Gasteiger partial charge in [-0.3, -0.25) is 0 Å². The van der Waals surface area contributed by atoms with E-state index in [0.29, 0.717) is 18.4 Å². The van der Waals surface area contributed by atoms with E-state index in [1.54, 1.807) is 11.2 Å². The highest BCUT2D eigenvalue weighted by atomic mass is 32.2. The maximum atomic E-state index is 12.8. The summed E-state index contributed by atoms with van der Waals surface area (Å²) in [6.07, 6.45) is 6.63. The van der Waals surface area contributed by atoms with Crippen LogP contribution in [-0.4, -0.2) is 47.9 Å². The predicted molar refractivity (Wildman–Crippen MR) is 75.9 cm³/mol. The van der Waals surface area contributed by atoms with Gasteiger partial charge in [0.2, 0.25) is 0 Å². The number of hydrogen-bond donors (Lipinski definition) is 2. The summed E-state index contributed by atoms with van der Waals surface area (Å²) in [6.45, 7) is 3.38. The van der Waals surface area contributed by atoms with Gasteiger partial charge in [-0.05, 0) is 39.2 Å². The predicted octanol–water partition coefficient (Wildman–Crippen LogP) is 1.01. The van der Waals surface area contributed by atoms with Crippen LogP contribution in [0.3, 0.4) is 0 Å². The molecule has 112 valence electrons. The Morgan fingerprint density at radius 1 is 1.30 bits per heavy atom. The van der Waals surface area contributed by atoms with Crippen LogP contribution in [0.2, 0.25) is 0 Å². The molecular formula is C13H22N4O2S. The number of aromatic nitrogens is 2. The van der Waals surface area contributed by atoms with Crippen molar-refractivity contribution in [3.8, 4) is 0 Å². The first-order chi connectivity index (χ1) is 9.59. The molecule has 0 radical (unpaired) electrons. The molecule has 2 aliphatic rings. The van der Waals surface area contributed by atoms with Crippen LogP contribution in [0.15, 0.2) is 11.2 Å². The Hall–Kier alpha value is -0.920. The number of rotatable bonds is 3. The van der Waals surface area contributed by atoms with Gasteiger partial charge in [-0.25, -0.2) is 13.4 Å². The molecule has 0 saturated carbocycles. The van der Waals surface area contributed by atoms with Crippen molar-refractivity contribution >= 4 is 10.0 Å². The molecule has 2 saturated heterocycles. The molecule has 7 heteroatoms. The SMILES string of the molecule is Cc1ncc(S(=O)(=O)N2CCCCC2C2CCCN2)[nH]1. The van der Waals surface area contributed by atoms with E-state index < -0.39 is 10.0 Å². The van der Waals surface area contributed by atoms with Crippen LogP contribution >= 0.6 is 0 Å². The van der Waals surface area contributed by atoms with E-state index in [4.69, 9.17) is 0 Å². The summed E-state index contributed by atoms with van der Waals surface area (Å²) in [5.41, 5.74) is 0. The average molecular weight is 298 g/mol. The molecule has 20 heavy (non-hydrogen) atoms. The number of H-pyrrole nitrogens is 1. The maximum absolute atomic E-state index is 12.8. The van der Waals surface area contributed by atoms with Crippen molar-refractivity contribution in [3.63, 3.8) is 0 Å². The molecule has 2 aliphatic heterocycles. The molecule has 0 spiro atoms. The third-order valence-electron chi connectivity index (χ3n) is 4.33. The van der Waals surface area contributed by atoms with E-state index in [1.807, 2.05) is 0 Å². The molecule has 3 heterocycles. The zero-order valence-electron chi connectivity index (χ0n) is 11.8. The van der Waals surface area contributed by atoms with E-state index in [1.165, 1.54) is 6.20 Å². The van der Waals surface area contributed by atoms with Crippen molar-refractivity contribution in [1.82, 2.24) is 19.6 Å². The first kappa shape index (κ1) is 14.0. The second kappa shape index (κ2) is 5.46. The molecule has 1 aromatic heterocycles. The standard InChI is InChI=1S/C13H22N4O2S/c1-10-15-9-13(16-10)20(18,19)17-8-3-2-6-12(17)11-5-4-7-14-11/h9,11-12,14H,2-8H2,1H3,(H,15,16). The molecule has 2 unspecified atom stereocenters. The zero-order chi connectivity index (χ0) is 14.2. The van der Waals surface area contributed by atoms with Crippen LogP contribution in [0.4, 0.5) is 0 Å². The van der Waals surface area contributed by atoms with Crippen molar-refractivity contribution < 1.29 is 8.42 Å². The molecule has 2 N–H and O–H groups in total. The molecule has 2 fully saturated rings. The third kappa shape index (κ3) is 2.49. The lowest BCUT2D eigenvalue weighted by molar-refractivity contribution is 0.210. The lowest BCUT2D eigenvalue weighted by atomic mass is 9.97. The minimum atomic E-state index is -3.45. The first-order valence-electron chi connectivity index (χ1n) is 7.36. The largest absolute Gasteiger partial charge is 0.332 e. The highest BCUT2D eigenvalue weighted by Crippen LogP contribution is 2.29. The Morgan fingerprint density at radius 2 is 2.15 bits per heavy atom. The number of nitrogens with one attached hydrogen (secondary N) is 2. The van der Waals surface area contributed by atoms with Gasteiger partial charge < -0.3 is 10.3 Å². The van der Waals surface area contributed by atoms with E-state index >= 15 is 0 Å². The van der Waals surface area contributed by atoms with E-state index in [9.17, 15) is 8.42 Å². The number of piperidine rings is 1. The molecule has 6 nitrogen and oxygen atoms in total. The molecule has 0 aliphatic carbocycles. The summed E-state index contributed by atoms with van der Waals surface area (Å²) in [7, 11) is -3.45. The van der Waals surface area contributed by atoms with Gasteiger partial charge in [0.15, 0.2) is 5.03 Å². The topological polar surface area (TPSA) is 78.1 Å². The molecule has 0 bridgehead atoms. The number of aromatic amines is 1. The van der Waals surface area contributed by atoms with E-state index in [0.717, 1.165) is 38.6 Å². The third-order valence-corrected chi connectivity index (χ3v) is 6.16. The number of imidazole rings is 1. The van der Waals surface area contributed by atoms with Gasteiger partial charge >= 0.3 is 0 Å². The fourth-order valence-corrected chi connectivity index (χ4v) is 5.02. The maximum Gasteiger partial charge on any atom is 0.260 e. The van der Waals surface area contributed by atoms with Gasteiger partial charge in [-0.2, -0.15) is 4.31 Å². The minimum absolute atomic E-state index is 0.0832. The quantitative estimate of drug-likeness (QED) is 0.873.